The molecule has 0 atom stereocenters. The summed E-state index contributed by atoms with van der Waals surface area (Å²) in [4.78, 5) is 29.0. The highest BCUT2D eigenvalue weighted by molar-refractivity contribution is 5.78. The highest BCUT2D eigenvalue weighted by Crippen LogP contribution is 2.12. The first-order valence-electron chi connectivity index (χ1n) is 6.35. The van der Waals surface area contributed by atoms with Crippen LogP contribution in [0.4, 0.5) is 11.9 Å². The van der Waals surface area contributed by atoms with Gasteiger partial charge in [0.1, 0.15) is 12.7 Å². The third-order valence-corrected chi connectivity index (χ3v) is 2.47. The van der Waals surface area contributed by atoms with E-state index in [0.29, 0.717) is 6.54 Å². The maximum atomic E-state index is 11.2. The molecule has 0 aliphatic heterocycles. The highest BCUT2D eigenvalue weighted by Gasteiger charge is 2.17. The molecule has 0 aliphatic carbocycles. The van der Waals surface area contributed by atoms with Gasteiger partial charge in [0.25, 0.3) is 5.95 Å². The molecule has 0 spiro atoms. The lowest BCUT2D eigenvalue weighted by atomic mass is 10.2. The van der Waals surface area contributed by atoms with E-state index in [0.717, 1.165) is 0 Å². The number of amides is 1. The second kappa shape index (κ2) is 6.11. The fraction of sp³-hybridized carbons (Fsp3) is 0.455. The third kappa shape index (κ3) is 3.84. The Morgan fingerprint density at radius 1 is 1.38 bits per heavy atom. The van der Waals surface area contributed by atoms with Gasteiger partial charge in [0.15, 0.2) is 0 Å². The summed E-state index contributed by atoms with van der Waals surface area (Å²) < 4.78 is 1.36. The van der Waals surface area contributed by atoms with Crippen LogP contribution in [-0.2, 0) is 4.79 Å². The first kappa shape index (κ1) is 14.6. The number of carbonyl (C=O) groups excluding carboxylic acids is 1. The van der Waals surface area contributed by atoms with E-state index in [1.807, 2.05) is 13.8 Å². The van der Waals surface area contributed by atoms with Gasteiger partial charge in [-0.05, 0) is 5.92 Å². The van der Waals surface area contributed by atoms with Gasteiger partial charge in [0.2, 0.25) is 17.8 Å². The van der Waals surface area contributed by atoms with E-state index in [1.165, 1.54) is 17.3 Å². The number of aromatic nitrogens is 6. The molecule has 2 aromatic rings. The minimum absolute atomic E-state index is 0.00156. The summed E-state index contributed by atoms with van der Waals surface area (Å²) in [5.74, 6) is 0.353. The van der Waals surface area contributed by atoms with Crippen LogP contribution in [0.5, 0.6) is 0 Å². The van der Waals surface area contributed by atoms with Gasteiger partial charge in [-0.2, -0.15) is 24.7 Å². The van der Waals surface area contributed by atoms with Crippen molar-refractivity contribution < 1.29 is 4.79 Å². The molecule has 0 aromatic carbocycles. The molecule has 0 radical (unpaired) electrons. The summed E-state index contributed by atoms with van der Waals surface area (Å²) in [6.45, 7) is 4.58. The normalized spacial score (nSPS) is 10.8. The van der Waals surface area contributed by atoms with Crippen LogP contribution in [0.15, 0.2) is 12.7 Å². The molecule has 0 bridgehead atoms. The lowest BCUT2D eigenvalue weighted by Crippen LogP contribution is -2.37. The second-order valence-electron chi connectivity index (χ2n) is 4.87. The van der Waals surface area contributed by atoms with Crippen molar-refractivity contribution >= 4 is 17.8 Å². The van der Waals surface area contributed by atoms with Gasteiger partial charge in [-0.1, -0.05) is 13.8 Å². The van der Waals surface area contributed by atoms with Crippen LogP contribution in [0.2, 0.25) is 0 Å². The number of nitrogen functional groups attached to an aromatic ring is 1. The van der Waals surface area contributed by atoms with Gasteiger partial charge in [-0.3, -0.25) is 4.79 Å². The molecule has 0 aliphatic rings. The van der Waals surface area contributed by atoms with Crippen LogP contribution in [-0.4, -0.2) is 48.7 Å². The number of primary amides is 1. The lowest BCUT2D eigenvalue weighted by molar-refractivity contribution is -0.116. The summed E-state index contributed by atoms with van der Waals surface area (Å²) in [5.41, 5.74) is 11.0. The molecular weight excluding hydrogens is 274 g/mol. The Morgan fingerprint density at radius 3 is 2.71 bits per heavy atom. The molecule has 4 N–H and O–H groups in total. The van der Waals surface area contributed by atoms with Gasteiger partial charge < -0.3 is 16.4 Å². The third-order valence-electron chi connectivity index (χ3n) is 2.47. The van der Waals surface area contributed by atoms with E-state index in [4.69, 9.17) is 11.5 Å². The van der Waals surface area contributed by atoms with E-state index in [9.17, 15) is 4.79 Å². The number of rotatable bonds is 6. The molecule has 21 heavy (non-hydrogen) atoms. The summed E-state index contributed by atoms with van der Waals surface area (Å²) in [7, 11) is 0. The predicted molar refractivity (Wildman–Crippen MR) is 75.4 cm³/mol. The van der Waals surface area contributed by atoms with Gasteiger partial charge in [0.05, 0.1) is 6.54 Å². The summed E-state index contributed by atoms with van der Waals surface area (Å²) in [6, 6.07) is 0. The number of nitrogens with zero attached hydrogens (tertiary/aromatic N) is 7. The molecule has 0 saturated heterocycles. The van der Waals surface area contributed by atoms with Crippen LogP contribution >= 0.6 is 0 Å². The van der Waals surface area contributed by atoms with E-state index < -0.39 is 5.91 Å². The molecule has 1 amide bonds. The van der Waals surface area contributed by atoms with Crippen molar-refractivity contribution in [2.75, 3.05) is 23.7 Å². The monoisotopic (exact) mass is 291 g/mol. The standard InChI is InChI=1S/C11H17N9O/c1-7(2)3-19(4-8(12)21)10-16-9(13)17-11(18-10)20-6-14-5-15-20/h5-7H,3-4H2,1-2H3,(H2,12,21)(H2,13,16,17,18). The lowest BCUT2D eigenvalue weighted by Gasteiger charge is -2.23. The van der Waals surface area contributed by atoms with E-state index in [-0.39, 0.29) is 30.3 Å². The van der Waals surface area contributed by atoms with Gasteiger partial charge in [-0.25, -0.2) is 4.98 Å². The Morgan fingerprint density at radius 2 is 2.14 bits per heavy atom. The molecule has 2 heterocycles. The molecule has 112 valence electrons. The first-order valence-corrected chi connectivity index (χ1v) is 6.35. The van der Waals surface area contributed by atoms with Crippen molar-refractivity contribution in [3.63, 3.8) is 0 Å². The second-order valence-corrected chi connectivity index (χ2v) is 4.87. The Hall–Kier alpha value is -2.78. The molecule has 0 saturated carbocycles. The Labute approximate surface area is 121 Å². The zero-order chi connectivity index (χ0) is 15.4. The SMILES string of the molecule is CC(C)CN(CC(N)=O)c1nc(N)nc(-n2cncn2)n1. The fourth-order valence-electron chi connectivity index (χ4n) is 1.77. The van der Waals surface area contributed by atoms with Crippen molar-refractivity contribution in [2.24, 2.45) is 11.7 Å². The predicted octanol–water partition coefficient (Wildman–Crippen LogP) is -1.02. The molecule has 0 fully saturated rings. The number of carbonyl (C=O) groups is 1. The molecule has 2 rings (SSSR count). The summed E-state index contributed by atoms with van der Waals surface area (Å²) in [5, 5.41) is 3.94. The van der Waals surface area contributed by atoms with Gasteiger partial charge >= 0.3 is 0 Å². The number of nitrogens with two attached hydrogens (primary N) is 2. The molecule has 10 nitrogen and oxygen atoms in total. The quantitative estimate of drug-likeness (QED) is 0.688. The number of hydrogen-bond donors (Lipinski definition) is 2. The van der Waals surface area contributed by atoms with Crippen LogP contribution < -0.4 is 16.4 Å². The summed E-state index contributed by atoms with van der Waals surface area (Å²) in [6.07, 6.45) is 2.80. The number of anilines is 2. The largest absolute Gasteiger partial charge is 0.368 e. The van der Waals surface area contributed by atoms with E-state index in [2.05, 4.69) is 25.0 Å². The van der Waals surface area contributed by atoms with Gasteiger partial charge in [0, 0.05) is 6.54 Å². The average Bonchev–Trinajstić information content (AvgIpc) is 2.90. The van der Waals surface area contributed by atoms with Crippen molar-refractivity contribution in [3.8, 4) is 5.95 Å². The van der Waals surface area contributed by atoms with Crippen molar-refractivity contribution in [1.82, 2.24) is 29.7 Å². The van der Waals surface area contributed by atoms with Crippen molar-refractivity contribution in [2.45, 2.75) is 13.8 Å². The van der Waals surface area contributed by atoms with Crippen LogP contribution in [0, 0.1) is 5.92 Å². The minimum Gasteiger partial charge on any atom is -0.368 e. The van der Waals surface area contributed by atoms with Gasteiger partial charge in [-0.15, -0.1) is 0 Å². The van der Waals surface area contributed by atoms with E-state index >= 15 is 0 Å². The summed E-state index contributed by atoms with van der Waals surface area (Å²) >= 11 is 0. The molecular formula is C11H17N9O. The smallest absolute Gasteiger partial charge is 0.258 e. The highest BCUT2D eigenvalue weighted by atomic mass is 16.1. The first-order chi connectivity index (χ1) is 9.95. The van der Waals surface area contributed by atoms with Crippen LogP contribution in [0.25, 0.3) is 5.95 Å². The maximum Gasteiger partial charge on any atom is 0.258 e. The molecule has 10 heteroatoms. The fourth-order valence-corrected chi connectivity index (χ4v) is 1.77. The topological polar surface area (TPSA) is 142 Å². The molecule has 0 unspecified atom stereocenters. The maximum absolute atomic E-state index is 11.2. The Kier molecular flexibility index (Phi) is 4.26. The van der Waals surface area contributed by atoms with Crippen molar-refractivity contribution in [3.05, 3.63) is 12.7 Å². The average molecular weight is 291 g/mol. The Bertz CT molecular complexity index is 610. The zero-order valence-electron chi connectivity index (χ0n) is 11.8. The number of hydrogen-bond acceptors (Lipinski definition) is 8. The zero-order valence-corrected chi connectivity index (χ0v) is 11.8. The Balaban J connectivity index is 2.37. The van der Waals surface area contributed by atoms with Crippen LogP contribution in [0.1, 0.15) is 13.8 Å². The minimum atomic E-state index is -0.475. The van der Waals surface area contributed by atoms with E-state index in [1.54, 1.807) is 4.90 Å². The molecule has 2 aromatic heterocycles. The van der Waals surface area contributed by atoms with Crippen LogP contribution in [0.3, 0.4) is 0 Å². The van der Waals surface area contributed by atoms with Crippen molar-refractivity contribution in [1.29, 1.82) is 0 Å².